The van der Waals surface area contributed by atoms with Gasteiger partial charge in [0.1, 0.15) is 0 Å². The number of benzene rings is 1. The third kappa shape index (κ3) is 9.46. The molecule has 3 aliphatic carbocycles. The quantitative estimate of drug-likeness (QED) is 0.237. The molecule has 1 aromatic carbocycles. The summed E-state index contributed by atoms with van der Waals surface area (Å²) in [5.41, 5.74) is 2.39. The smallest absolute Gasteiger partial charge is 0.317 e. The van der Waals surface area contributed by atoms with E-state index in [1.54, 1.807) is 0 Å². The summed E-state index contributed by atoms with van der Waals surface area (Å²) in [6.45, 7) is 6.22. The molecule has 0 saturated heterocycles. The van der Waals surface area contributed by atoms with Gasteiger partial charge in [0, 0.05) is 19.1 Å². The van der Waals surface area contributed by atoms with E-state index in [0.717, 1.165) is 44.1 Å². The van der Waals surface area contributed by atoms with Crippen LogP contribution in [-0.4, -0.2) is 48.4 Å². The maximum Gasteiger partial charge on any atom is 0.317 e. The summed E-state index contributed by atoms with van der Waals surface area (Å²) in [6, 6.07) is 9.00. The lowest BCUT2D eigenvalue weighted by molar-refractivity contribution is 0.00292. The van der Waals surface area contributed by atoms with E-state index in [1.165, 1.54) is 56.9 Å². The zero-order valence-corrected chi connectivity index (χ0v) is 24.4. The van der Waals surface area contributed by atoms with E-state index < -0.39 is 0 Å². The van der Waals surface area contributed by atoms with Crippen LogP contribution in [0.25, 0.3) is 0 Å². The molecule has 4 rings (SSSR count). The molecule has 0 spiro atoms. The van der Waals surface area contributed by atoms with Crippen LogP contribution in [0.5, 0.6) is 0 Å². The van der Waals surface area contributed by atoms with Gasteiger partial charge in [0.2, 0.25) is 6.08 Å². The summed E-state index contributed by atoms with van der Waals surface area (Å²) in [5, 5.41) is 3.31. The number of amides is 2. The predicted molar refractivity (Wildman–Crippen MR) is 156 cm³/mol. The lowest BCUT2D eigenvalue weighted by atomic mass is 9.72. The fourth-order valence-corrected chi connectivity index (χ4v) is 7.25. The molecule has 3 saturated carbocycles. The van der Waals surface area contributed by atoms with Gasteiger partial charge in [-0.3, -0.25) is 0 Å². The van der Waals surface area contributed by atoms with Crippen molar-refractivity contribution in [3.05, 3.63) is 35.4 Å². The van der Waals surface area contributed by atoms with Crippen molar-refractivity contribution in [2.45, 2.75) is 128 Å². The van der Waals surface area contributed by atoms with Gasteiger partial charge in [-0.15, -0.1) is 0 Å². The van der Waals surface area contributed by atoms with Crippen molar-refractivity contribution in [1.29, 1.82) is 0 Å². The first kappa shape index (κ1) is 29.8. The van der Waals surface area contributed by atoms with Crippen LogP contribution in [0.15, 0.2) is 29.3 Å². The summed E-state index contributed by atoms with van der Waals surface area (Å²) in [4.78, 5) is 30.3. The maximum atomic E-state index is 13.3. The zero-order valence-electron chi connectivity index (χ0n) is 24.4. The minimum Gasteiger partial charge on any atom is -0.376 e. The van der Waals surface area contributed by atoms with E-state index in [4.69, 9.17) is 4.74 Å². The minimum atomic E-state index is 0.0433. The molecule has 6 nitrogen and oxygen atoms in total. The third-order valence-corrected chi connectivity index (χ3v) is 9.67. The van der Waals surface area contributed by atoms with Gasteiger partial charge in [-0.05, 0) is 68.8 Å². The van der Waals surface area contributed by atoms with Gasteiger partial charge in [-0.2, -0.15) is 0 Å². The molecule has 0 heterocycles. The Morgan fingerprint density at radius 2 is 1.77 bits per heavy atom. The molecule has 3 aliphatic rings. The second-order valence-corrected chi connectivity index (χ2v) is 12.7. The van der Waals surface area contributed by atoms with Gasteiger partial charge in [0.05, 0.1) is 18.8 Å². The Bertz CT molecular complexity index is 923. The highest BCUT2D eigenvalue weighted by atomic mass is 16.5. The van der Waals surface area contributed by atoms with Gasteiger partial charge >= 0.3 is 6.03 Å². The molecule has 0 aliphatic heterocycles. The maximum absolute atomic E-state index is 13.3. The van der Waals surface area contributed by atoms with E-state index in [1.807, 2.05) is 11.0 Å². The summed E-state index contributed by atoms with van der Waals surface area (Å²) in [7, 11) is 0. The van der Waals surface area contributed by atoms with Gasteiger partial charge in [-0.1, -0.05) is 88.1 Å². The van der Waals surface area contributed by atoms with Crippen LogP contribution in [0.2, 0.25) is 0 Å². The number of carbonyl (C=O) groups is 1. The third-order valence-electron chi connectivity index (χ3n) is 9.67. The number of rotatable bonds is 11. The SMILES string of the molecule is Cc1ccc(CN(CCO[C@H]2CCC[C@@H](CCC3C(C)CCCC3N=C=O)C2)C(=O)NC2CCCCC2)cc1. The number of hydrogen-bond acceptors (Lipinski definition) is 4. The van der Waals surface area contributed by atoms with Crippen LogP contribution in [0, 0.1) is 24.7 Å². The fourth-order valence-electron chi connectivity index (χ4n) is 7.25. The number of isocyanates is 1. The van der Waals surface area contributed by atoms with Gasteiger partial charge < -0.3 is 15.0 Å². The molecule has 39 heavy (non-hydrogen) atoms. The number of carbonyl (C=O) groups excluding carboxylic acids is 2. The molecule has 0 aromatic heterocycles. The number of urea groups is 1. The van der Waals surface area contributed by atoms with Crippen molar-refractivity contribution in [1.82, 2.24) is 10.2 Å². The Kier molecular flexibility index (Phi) is 11.9. The summed E-state index contributed by atoms with van der Waals surface area (Å²) in [5.74, 6) is 1.83. The van der Waals surface area contributed by atoms with Crippen molar-refractivity contribution in [3.8, 4) is 0 Å². The Morgan fingerprint density at radius 3 is 2.54 bits per heavy atom. The van der Waals surface area contributed by atoms with Crippen LogP contribution >= 0.6 is 0 Å². The standard InChI is InChI=1S/C33H51N3O3/c1-25-14-16-28(17-15-25)23-36(33(38)35-29-10-4-3-5-11-29)20-21-39-30-12-7-9-27(22-30)18-19-31-26(2)8-6-13-32(31)34-24-37/h14-17,26-27,29-32H,3-13,18-23H2,1-2H3,(H,35,38)/t26?,27-,30-,31?,32?/m0/s1. The van der Waals surface area contributed by atoms with Crippen molar-refractivity contribution in [2.24, 2.45) is 22.7 Å². The first-order valence-electron chi connectivity index (χ1n) is 15.8. The lowest BCUT2D eigenvalue weighted by Crippen LogP contribution is -2.46. The summed E-state index contributed by atoms with van der Waals surface area (Å²) >= 11 is 0. The number of aliphatic imine (C=N–C) groups is 1. The number of nitrogens with zero attached hydrogens (tertiary/aromatic N) is 2. The first-order valence-corrected chi connectivity index (χ1v) is 15.8. The molecular formula is C33H51N3O3. The first-order chi connectivity index (χ1) is 19.0. The predicted octanol–water partition coefficient (Wildman–Crippen LogP) is 7.34. The van der Waals surface area contributed by atoms with E-state index in [2.05, 4.69) is 48.4 Å². The lowest BCUT2D eigenvalue weighted by Gasteiger charge is -2.36. The monoisotopic (exact) mass is 537 g/mol. The Morgan fingerprint density at radius 1 is 1.00 bits per heavy atom. The van der Waals surface area contributed by atoms with E-state index in [0.29, 0.717) is 43.5 Å². The number of hydrogen-bond donors (Lipinski definition) is 1. The number of aryl methyl sites for hydroxylation is 1. The van der Waals surface area contributed by atoms with Crippen LogP contribution in [0.4, 0.5) is 4.79 Å². The molecular weight excluding hydrogens is 486 g/mol. The van der Waals surface area contributed by atoms with Gasteiger partial charge in [-0.25, -0.2) is 14.6 Å². The molecule has 0 radical (unpaired) electrons. The van der Waals surface area contributed by atoms with Crippen molar-refractivity contribution in [3.63, 3.8) is 0 Å². The highest BCUT2D eigenvalue weighted by molar-refractivity contribution is 5.74. The minimum absolute atomic E-state index is 0.0433. The average Bonchev–Trinajstić information content (AvgIpc) is 2.94. The molecule has 216 valence electrons. The topological polar surface area (TPSA) is 71.0 Å². The normalized spacial score (nSPS) is 27.9. The zero-order chi connectivity index (χ0) is 27.5. The van der Waals surface area contributed by atoms with E-state index in [9.17, 15) is 9.59 Å². The fraction of sp³-hybridized carbons (Fsp3) is 0.758. The van der Waals surface area contributed by atoms with E-state index >= 15 is 0 Å². The Hall–Kier alpha value is -2.17. The van der Waals surface area contributed by atoms with Crippen molar-refractivity contribution < 1.29 is 14.3 Å². The molecule has 6 heteroatoms. The Balaban J connectivity index is 1.26. The Labute approximate surface area is 236 Å². The molecule has 5 atom stereocenters. The van der Waals surface area contributed by atoms with Gasteiger partial charge in [0.25, 0.3) is 0 Å². The molecule has 3 unspecified atom stereocenters. The molecule has 3 fully saturated rings. The average molecular weight is 538 g/mol. The molecule has 0 bridgehead atoms. The molecule has 1 aromatic rings. The van der Waals surface area contributed by atoms with Crippen LogP contribution in [0.3, 0.4) is 0 Å². The van der Waals surface area contributed by atoms with Crippen molar-refractivity contribution in [2.75, 3.05) is 13.2 Å². The summed E-state index contributed by atoms with van der Waals surface area (Å²) in [6.07, 6.45) is 18.5. The summed E-state index contributed by atoms with van der Waals surface area (Å²) < 4.78 is 6.42. The molecule has 1 N–H and O–H groups in total. The van der Waals surface area contributed by atoms with Crippen LogP contribution < -0.4 is 5.32 Å². The largest absolute Gasteiger partial charge is 0.376 e. The second kappa shape index (κ2) is 15.6. The molecule has 2 amide bonds. The van der Waals surface area contributed by atoms with Crippen molar-refractivity contribution >= 4 is 12.1 Å². The van der Waals surface area contributed by atoms with Crippen LogP contribution in [0.1, 0.15) is 108 Å². The second-order valence-electron chi connectivity index (χ2n) is 12.7. The number of ether oxygens (including phenoxy) is 1. The number of nitrogens with one attached hydrogen (secondary N) is 1. The highest BCUT2D eigenvalue weighted by Crippen LogP contribution is 2.38. The van der Waals surface area contributed by atoms with Gasteiger partial charge in [0.15, 0.2) is 0 Å². The van der Waals surface area contributed by atoms with Crippen LogP contribution in [-0.2, 0) is 16.1 Å². The highest BCUT2D eigenvalue weighted by Gasteiger charge is 2.32. The van der Waals surface area contributed by atoms with E-state index in [-0.39, 0.29) is 18.2 Å².